The van der Waals surface area contributed by atoms with E-state index in [4.69, 9.17) is 10.8 Å². The zero-order chi connectivity index (χ0) is 9.10. The van der Waals surface area contributed by atoms with E-state index < -0.39 is 0 Å². The van der Waals surface area contributed by atoms with Gasteiger partial charge >= 0.3 is 0 Å². The van der Waals surface area contributed by atoms with Gasteiger partial charge in [-0.2, -0.15) is 0 Å². The predicted octanol–water partition coefficient (Wildman–Crippen LogP) is 0.508. The normalized spacial score (nSPS) is 9.46. The molecule has 2 aromatic rings. The van der Waals surface area contributed by atoms with Crippen LogP contribution in [0.1, 0.15) is 5.89 Å². The third-order valence-corrected chi connectivity index (χ3v) is 1.33. The third kappa shape index (κ3) is 1.37. The second kappa shape index (κ2) is 3.03. The van der Waals surface area contributed by atoms with Crippen LogP contribution in [0.5, 0.6) is 0 Å². The number of terminal acetylenes is 1. The molecule has 0 amide bonds. The Morgan fingerprint density at radius 2 is 2.23 bits per heavy atom. The molecule has 0 atom stereocenters. The van der Waals surface area contributed by atoms with Crippen molar-refractivity contribution in [2.75, 3.05) is 0 Å². The molecule has 0 radical (unpaired) electrons. The minimum Gasteiger partial charge on any atom is -0.408 e. The maximum atomic E-state index is 5.06. The monoisotopic (exact) mass is 172 g/mol. The van der Waals surface area contributed by atoms with Crippen LogP contribution in [0.3, 0.4) is 0 Å². The van der Waals surface area contributed by atoms with Gasteiger partial charge in [0, 0.05) is 12.4 Å². The second-order valence-electron chi connectivity index (χ2n) is 2.15. The highest BCUT2D eigenvalue weighted by molar-refractivity contribution is 5.43. The van der Waals surface area contributed by atoms with Crippen molar-refractivity contribution in [2.45, 2.75) is 0 Å². The molecule has 0 aliphatic heterocycles. The van der Waals surface area contributed by atoms with Gasteiger partial charge < -0.3 is 4.42 Å². The second-order valence-corrected chi connectivity index (χ2v) is 2.15. The van der Waals surface area contributed by atoms with E-state index in [1.807, 2.05) is 0 Å². The highest BCUT2D eigenvalue weighted by Crippen LogP contribution is 2.11. The summed E-state index contributed by atoms with van der Waals surface area (Å²) in [5.41, 5.74) is 0.511. The molecule has 0 aliphatic rings. The molecule has 62 valence electrons. The summed E-state index contributed by atoms with van der Waals surface area (Å²) in [4.78, 5) is 7.82. The highest BCUT2D eigenvalue weighted by Gasteiger charge is 2.06. The molecule has 0 spiro atoms. The van der Waals surface area contributed by atoms with Crippen LogP contribution < -0.4 is 0 Å². The Balaban J connectivity index is 2.43. The van der Waals surface area contributed by atoms with Gasteiger partial charge in [0.15, 0.2) is 0 Å². The molecule has 0 fully saturated rings. The molecule has 5 heteroatoms. The molecule has 0 unspecified atom stereocenters. The van der Waals surface area contributed by atoms with Gasteiger partial charge in [0.1, 0.15) is 5.69 Å². The molecule has 2 heterocycles. The number of nitrogens with zero attached hydrogens (tertiary/aromatic N) is 4. The maximum Gasteiger partial charge on any atom is 0.293 e. The van der Waals surface area contributed by atoms with E-state index in [1.165, 1.54) is 12.4 Å². The van der Waals surface area contributed by atoms with Crippen LogP contribution in [0.25, 0.3) is 11.6 Å². The Hall–Kier alpha value is -2.22. The average molecular weight is 172 g/mol. The Kier molecular flexibility index (Phi) is 1.73. The van der Waals surface area contributed by atoms with Crippen molar-refractivity contribution >= 4 is 0 Å². The SMILES string of the molecule is C#Cc1nnc(-c2cnccn2)o1. The van der Waals surface area contributed by atoms with Gasteiger partial charge in [-0.25, -0.2) is 4.98 Å². The molecule has 0 aromatic carbocycles. The number of rotatable bonds is 1. The average Bonchev–Trinajstić information content (AvgIpc) is 2.67. The Bertz CT molecular complexity index is 443. The fourth-order valence-electron chi connectivity index (χ4n) is 0.795. The quantitative estimate of drug-likeness (QED) is 0.586. The van der Waals surface area contributed by atoms with Crippen LogP contribution in [0.15, 0.2) is 23.0 Å². The maximum absolute atomic E-state index is 5.06. The number of aromatic nitrogens is 4. The smallest absolute Gasteiger partial charge is 0.293 e. The van der Waals surface area contributed by atoms with E-state index in [9.17, 15) is 0 Å². The standard InChI is InChI=1S/C8H4N4O/c1-2-7-11-12-8(13-7)6-5-9-3-4-10-6/h1,3-5H. The fraction of sp³-hybridized carbons (Fsp3) is 0. The van der Waals surface area contributed by atoms with Gasteiger partial charge in [0.05, 0.1) is 6.20 Å². The molecule has 13 heavy (non-hydrogen) atoms. The van der Waals surface area contributed by atoms with Gasteiger partial charge in [0.2, 0.25) is 0 Å². The minimum atomic E-state index is 0.139. The van der Waals surface area contributed by atoms with E-state index in [2.05, 4.69) is 26.1 Å². The zero-order valence-electron chi connectivity index (χ0n) is 6.51. The Morgan fingerprint density at radius 1 is 1.31 bits per heavy atom. The molecule has 0 N–H and O–H groups in total. The summed E-state index contributed by atoms with van der Waals surface area (Å²) in [6.45, 7) is 0. The van der Waals surface area contributed by atoms with Crippen molar-refractivity contribution in [3.8, 4) is 23.9 Å². The van der Waals surface area contributed by atoms with Gasteiger partial charge in [-0.15, -0.1) is 11.5 Å². The third-order valence-electron chi connectivity index (χ3n) is 1.33. The van der Waals surface area contributed by atoms with E-state index >= 15 is 0 Å². The zero-order valence-corrected chi connectivity index (χ0v) is 6.51. The topological polar surface area (TPSA) is 64.7 Å². The van der Waals surface area contributed by atoms with Crippen molar-refractivity contribution in [2.24, 2.45) is 0 Å². The van der Waals surface area contributed by atoms with Gasteiger partial charge in [-0.05, 0) is 5.92 Å². The van der Waals surface area contributed by atoms with E-state index in [-0.39, 0.29) is 11.8 Å². The summed E-state index contributed by atoms with van der Waals surface area (Å²) in [6, 6.07) is 0. The highest BCUT2D eigenvalue weighted by atomic mass is 16.4. The number of hydrogen-bond donors (Lipinski definition) is 0. The largest absolute Gasteiger partial charge is 0.408 e. The lowest BCUT2D eigenvalue weighted by atomic mass is 10.4. The van der Waals surface area contributed by atoms with Crippen LogP contribution in [0.2, 0.25) is 0 Å². The summed E-state index contributed by atoms with van der Waals surface area (Å²) in [6.07, 6.45) is 9.67. The first-order chi connectivity index (χ1) is 6.40. The van der Waals surface area contributed by atoms with Crippen molar-refractivity contribution in [3.63, 3.8) is 0 Å². The van der Waals surface area contributed by atoms with Crippen LogP contribution in [-0.2, 0) is 0 Å². The minimum absolute atomic E-state index is 0.139. The lowest BCUT2D eigenvalue weighted by Crippen LogP contribution is -1.83. The van der Waals surface area contributed by atoms with Gasteiger partial charge in [0.25, 0.3) is 11.8 Å². The molecule has 0 saturated heterocycles. The first kappa shape index (κ1) is 7.43. The molecule has 0 bridgehead atoms. The Labute approximate surface area is 73.9 Å². The molecule has 0 saturated carbocycles. The fourth-order valence-corrected chi connectivity index (χ4v) is 0.795. The molecular weight excluding hydrogens is 168 g/mol. The number of hydrogen-bond acceptors (Lipinski definition) is 5. The summed E-state index contributed by atoms with van der Waals surface area (Å²) in [7, 11) is 0. The lowest BCUT2D eigenvalue weighted by molar-refractivity contribution is 0.552. The van der Waals surface area contributed by atoms with Crippen molar-refractivity contribution in [1.29, 1.82) is 0 Å². The first-order valence-corrected chi connectivity index (χ1v) is 3.46. The van der Waals surface area contributed by atoms with Crippen LogP contribution in [0, 0.1) is 12.3 Å². The molecule has 2 rings (SSSR count). The summed E-state index contributed by atoms with van der Waals surface area (Å²) >= 11 is 0. The van der Waals surface area contributed by atoms with Crippen molar-refractivity contribution in [3.05, 3.63) is 24.5 Å². The predicted molar refractivity (Wildman–Crippen MR) is 43.3 cm³/mol. The van der Waals surface area contributed by atoms with Gasteiger partial charge in [-0.3, -0.25) is 4.98 Å². The van der Waals surface area contributed by atoms with Crippen LogP contribution >= 0.6 is 0 Å². The van der Waals surface area contributed by atoms with Crippen molar-refractivity contribution in [1.82, 2.24) is 20.2 Å². The van der Waals surface area contributed by atoms with Crippen molar-refractivity contribution < 1.29 is 4.42 Å². The molecule has 2 aromatic heterocycles. The van der Waals surface area contributed by atoms with Crippen LogP contribution in [-0.4, -0.2) is 20.2 Å². The van der Waals surface area contributed by atoms with Gasteiger partial charge in [-0.1, -0.05) is 5.10 Å². The summed E-state index contributed by atoms with van der Waals surface area (Å²) < 4.78 is 5.06. The Morgan fingerprint density at radius 3 is 2.85 bits per heavy atom. The van der Waals surface area contributed by atoms with E-state index in [1.54, 1.807) is 6.20 Å². The summed E-state index contributed by atoms with van der Waals surface area (Å²) in [5.74, 6) is 2.65. The molecule has 0 aliphatic carbocycles. The van der Waals surface area contributed by atoms with E-state index in [0.29, 0.717) is 5.69 Å². The first-order valence-electron chi connectivity index (χ1n) is 3.46. The summed E-state index contributed by atoms with van der Waals surface area (Å²) in [5, 5.41) is 7.29. The van der Waals surface area contributed by atoms with Crippen LogP contribution in [0.4, 0.5) is 0 Å². The lowest BCUT2D eigenvalue weighted by Gasteiger charge is -1.88. The molecular formula is C8H4N4O. The van der Waals surface area contributed by atoms with E-state index in [0.717, 1.165) is 0 Å². The molecule has 5 nitrogen and oxygen atoms in total.